The van der Waals surface area contributed by atoms with Crippen LogP contribution in [0.1, 0.15) is 12.5 Å². The monoisotopic (exact) mass is 352 g/mol. The summed E-state index contributed by atoms with van der Waals surface area (Å²) in [6.45, 7) is 2.18. The van der Waals surface area contributed by atoms with Crippen molar-refractivity contribution in [2.45, 2.75) is 12.5 Å². The average Bonchev–Trinajstić information content (AvgIpc) is 2.52. The average molecular weight is 353 g/mol. The first-order valence-corrected chi connectivity index (χ1v) is 7.80. The summed E-state index contributed by atoms with van der Waals surface area (Å²) in [6, 6.07) is 14.0. The van der Waals surface area contributed by atoms with Gasteiger partial charge >= 0.3 is 6.03 Å². The Morgan fingerprint density at radius 1 is 1.13 bits per heavy atom. The van der Waals surface area contributed by atoms with E-state index >= 15 is 0 Å². The number of anilines is 1. The maximum Gasteiger partial charge on any atom is 0.319 e. The van der Waals surface area contributed by atoms with Crippen molar-refractivity contribution in [1.82, 2.24) is 5.32 Å². The first-order valence-electron chi connectivity index (χ1n) is 7.04. The van der Waals surface area contributed by atoms with Crippen molar-refractivity contribution in [3.05, 3.63) is 64.1 Å². The number of benzene rings is 2. The van der Waals surface area contributed by atoms with E-state index in [-0.39, 0.29) is 12.6 Å². The Kier molecular flexibility index (Phi) is 5.88. The van der Waals surface area contributed by atoms with Crippen molar-refractivity contribution in [2.75, 3.05) is 19.0 Å². The molecule has 0 spiro atoms. The van der Waals surface area contributed by atoms with Crippen LogP contribution in [0.4, 0.5) is 10.5 Å². The van der Waals surface area contributed by atoms with E-state index in [1.54, 1.807) is 37.4 Å². The lowest BCUT2D eigenvalue weighted by atomic mass is 9.96. The Labute approximate surface area is 145 Å². The largest absolute Gasteiger partial charge is 0.372 e. The predicted octanol–water partition coefficient (Wildman–Crippen LogP) is 4.68. The molecule has 0 saturated carbocycles. The summed E-state index contributed by atoms with van der Waals surface area (Å²) >= 11 is 11.9. The van der Waals surface area contributed by atoms with Gasteiger partial charge in [0.25, 0.3) is 0 Å². The van der Waals surface area contributed by atoms with E-state index in [2.05, 4.69) is 10.6 Å². The van der Waals surface area contributed by atoms with Crippen LogP contribution in [0.3, 0.4) is 0 Å². The van der Waals surface area contributed by atoms with Gasteiger partial charge in [-0.2, -0.15) is 0 Å². The smallest absolute Gasteiger partial charge is 0.319 e. The number of ether oxygens (including phenoxy) is 1. The maximum absolute atomic E-state index is 12.0. The van der Waals surface area contributed by atoms with Crippen molar-refractivity contribution in [3.8, 4) is 0 Å². The quantitative estimate of drug-likeness (QED) is 0.820. The number of hydrogen-bond donors (Lipinski definition) is 2. The summed E-state index contributed by atoms with van der Waals surface area (Å²) in [5.74, 6) is 0. The molecule has 0 aliphatic rings. The summed E-state index contributed by atoms with van der Waals surface area (Å²) in [4.78, 5) is 12.0. The molecule has 0 radical (unpaired) electrons. The van der Waals surface area contributed by atoms with Gasteiger partial charge < -0.3 is 15.4 Å². The highest BCUT2D eigenvalue weighted by atomic mass is 35.5. The van der Waals surface area contributed by atoms with Gasteiger partial charge in [0.1, 0.15) is 5.60 Å². The highest BCUT2D eigenvalue weighted by Crippen LogP contribution is 2.26. The number of rotatable bonds is 5. The van der Waals surface area contributed by atoms with Crippen molar-refractivity contribution < 1.29 is 9.53 Å². The van der Waals surface area contributed by atoms with Crippen LogP contribution in [0.15, 0.2) is 48.5 Å². The Hall–Kier alpha value is -1.75. The Morgan fingerprint density at radius 2 is 1.78 bits per heavy atom. The SMILES string of the molecule is COC(C)(CNC(=O)Nc1cccc(Cl)c1)c1cccc(Cl)c1. The molecule has 0 aliphatic heterocycles. The third-order valence-electron chi connectivity index (χ3n) is 3.55. The fourth-order valence-corrected chi connectivity index (χ4v) is 2.48. The number of carbonyl (C=O) groups is 1. The van der Waals surface area contributed by atoms with Gasteiger partial charge in [0, 0.05) is 22.8 Å². The zero-order chi connectivity index (χ0) is 16.9. The predicted molar refractivity (Wildman–Crippen MR) is 94.3 cm³/mol. The number of halogens is 2. The lowest BCUT2D eigenvalue weighted by Crippen LogP contribution is -2.41. The maximum atomic E-state index is 12.0. The van der Waals surface area contributed by atoms with E-state index in [9.17, 15) is 4.79 Å². The van der Waals surface area contributed by atoms with Crippen LogP contribution in [0.2, 0.25) is 10.0 Å². The van der Waals surface area contributed by atoms with E-state index in [0.717, 1.165) is 5.56 Å². The Bertz CT molecular complexity index is 694. The van der Waals surface area contributed by atoms with Crippen LogP contribution in [0.5, 0.6) is 0 Å². The first kappa shape index (κ1) is 17.6. The van der Waals surface area contributed by atoms with Gasteiger partial charge in [-0.25, -0.2) is 4.79 Å². The van der Waals surface area contributed by atoms with Crippen molar-refractivity contribution in [2.24, 2.45) is 0 Å². The van der Waals surface area contributed by atoms with Crippen LogP contribution in [-0.4, -0.2) is 19.7 Å². The molecule has 2 amide bonds. The van der Waals surface area contributed by atoms with Crippen molar-refractivity contribution in [1.29, 1.82) is 0 Å². The normalized spacial score (nSPS) is 13.2. The van der Waals surface area contributed by atoms with Crippen molar-refractivity contribution in [3.63, 3.8) is 0 Å². The van der Waals surface area contributed by atoms with Gasteiger partial charge in [-0.3, -0.25) is 0 Å². The third-order valence-corrected chi connectivity index (χ3v) is 4.02. The highest BCUT2D eigenvalue weighted by Gasteiger charge is 2.27. The third kappa shape index (κ3) is 4.86. The van der Waals surface area contributed by atoms with E-state index < -0.39 is 5.60 Å². The van der Waals surface area contributed by atoms with Gasteiger partial charge in [-0.1, -0.05) is 41.4 Å². The molecule has 0 saturated heterocycles. The van der Waals surface area contributed by atoms with E-state index in [0.29, 0.717) is 15.7 Å². The fourth-order valence-electron chi connectivity index (χ4n) is 2.10. The second-order valence-electron chi connectivity index (χ2n) is 5.26. The molecule has 1 atom stereocenters. The minimum absolute atomic E-state index is 0.288. The van der Waals surface area contributed by atoms with Crippen LogP contribution in [0.25, 0.3) is 0 Å². The second kappa shape index (κ2) is 7.68. The Morgan fingerprint density at radius 3 is 2.39 bits per heavy atom. The van der Waals surface area contributed by atoms with E-state index in [1.165, 1.54) is 0 Å². The van der Waals surface area contributed by atoms with E-state index in [1.807, 2.05) is 25.1 Å². The molecule has 23 heavy (non-hydrogen) atoms. The number of methoxy groups -OCH3 is 1. The summed E-state index contributed by atoms with van der Waals surface area (Å²) in [5, 5.41) is 6.70. The lowest BCUT2D eigenvalue weighted by molar-refractivity contribution is 0.00521. The second-order valence-corrected chi connectivity index (χ2v) is 6.14. The fraction of sp³-hybridized carbons (Fsp3) is 0.235. The van der Waals surface area contributed by atoms with Gasteiger partial charge in [0.2, 0.25) is 0 Å². The number of carbonyl (C=O) groups excluding carboxylic acids is 1. The van der Waals surface area contributed by atoms with Gasteiger partial charge in [0.05, 0.1) is 6.54 Å². The van der Waals surface area contributed by atoms with E-state index in [4.69, 9.17) is 27.9 Å². The molecule has 0 bridgehead atoms. The molecular formula is C17H18Cl2N2O2. The number of nitrogens with one attached hydrogen (secondary N) is 2. The zero-order valence-electron chi connectivity index (χ0n) is 12.9. The molecule has 2 aromatic rings. The molecule has 2 rings (SSSR count). The minimum atomic E-state index is -0.684. The molecule has 0 heterocycles. The molecule has 122 valence electrons. The molecule has 1 unspecified atom stereocenters. The van der Waals surface area contributed by atoms with Crippen LogP contribution in [0, 0.1) is 0 Å². The number of urea groups is 1. The molecule has 2 aromatic carbocycles. The molecule has 0 aromatic heterocycles. The topological polar surface area (TPSA) is 50.4 Å². The Balaban J connectivity index is 2.01. The molecular weight excluding hydrogens is 335 g/mol. The standard InChI is InChI=1S/C17H18Cl2N2O2/c1-17(23-2,12-5-3-6-13(18)9-12)11-20-16(22)21-15-8-4-7-14(19)10-15/h3-10H,11H2,1-2H3,(H2,20,21,22). The molecule has 0 aliphatic carbocycles. The summed E-state index contributed by atoms with van der Waals surface area (Å²) < 4.78 is 5.58. The lowest BCUT2D eigenvalue weighted by Gasteiger charge is -2.29. The number of amides is 2. The molecule has 0 fully saturated rings. The highest BCUT2D eigenvalue weighted by molar-refractivity contribution is 6.31. The number of hydrogen-bond acceptors (Lipinski definition) is 2. The molecule has 6 heteroatoms. The summed E-state index contributed by atoms with van der Waals surface area (Å²) in [6.07, 6.45) is 0. The van der Waals surface area contributed by atoms with Gasteiger partial charge in [-0.15, -0.1) is 0 Å². The summed E-state index contributed by atoms with van der Waals surface area (Å²) in [5.41, 5.74) is 0.823. The molecule has 2 N–H and O–H groups in total. The zero-order valence-corrected chi connectivity index (χ0v) is 14.4. The van der Waals surface area contributed by atoms with Crippen LogP contribution < -0.4 is 10.6 Å². The van der Waals surface area contributed by atoms with Crippen LogP contribution >= 0.6 is 23.2 Å². The first-order chi connectivity index (χ1) is 10.9. The minimum Gasteiger partial charge on any atom is -0.372 e. The van der Waals surface area contributed by atoms with Crippen LogP contribution in [-0.2, 0) is 10.3 Å². The van der Waals surface area contributed by atoms with Crippen molar-refractivity contribution >= 4 is 34.9 Å². The van der Waals surface area contributed by atoms with Gasteiger partial charge in [0.15, 0.2) is 0 Å². The molecule has 4 nitrogen and oxygen atoms in total. The summed E-state index contributed by atoms with van der Waals surface area (Å²) in [7, 11) is 1.59. The van der Waals surface area contributed by atoms with Gasteiger partial charge in [-0.05, 0) is 42.8 Å².